The van der Waals surface area contributed by atoms with Gasteiger partial charge in [-0.05, 0) is 83.9 Å². The Hall–Kier alpha value is -4.76. The first-order chi connectivity index (χ1) is 21.9. The molecule has 6 aromatic carbocycles. The second kappa shape index (κ2) is 12.9. The fraction of sp³-hybridized carbons (Fsp3) is 0.119. The Kier molecular flexibility index (Phi) is 8.78. The first-order valence-corrected chi connectivity index (χ1v) is 15.5. The van der Waals surface area contributed by atoms with Gasteiger partial charge in [-0.15, -0.1) is 11.0 Å². The van der Waals surface area contributed by atoms with Crippen molar-refractivity contribution in [2.45, 2.75) is 34.6 Å². The van der Waals surface area contributed by atoms with Crippen LogP contribution in [0.15, 0.2) is 127 Å². The Morgan fingerprint density at radius 3 is 1.59 bits per heavy atom. The Morgan fingerprint density at radius 2 is 0.978 bits per heavy atom. The first kappa shape index (κ1) is 31.2. The number of hydrogen-bond acceptors (Lipinski definition) is 0. The van der Waals surface area contributed by atoms with E-state index in [1.54, 1.807) is 0 Å². The summed E-state index contributed by atoms with van der Waals surface area (Å²) in [6, 6.07) is 48.5. The summed E-state index contributed by atoms with van der Waals surface area (Å²) in [5, 5.41) is 2.50. The molecule has 0 N–H and O–H groups in total. The van der Waals surface area contributed by atoms with Gasteiger partial charge in [0.05, 0.1) is 0 Å². The number of aromatic nitrogens is 1. The molecule has 8 rings (SSSR count). The number of nitrogens with zero attached hydrogens (tertiary/aromatic N) is 3. The van der Waals surface area contributed by atoms with Crippen molar-refractivity contribution in [3.05, 3.63) is 155 Å². The van der Waals surface area contributed by atoms with E-state index in [1.807, 2.05) is 12.1 Å². The summed E-state index contributed by atoms with van der Waals surface area (Å²) in [4.78, 5) is 4.52. The van der Waals surface area contributed by atoms with Gasteiger partial charge in [-0.3, -0.25) is 0 Å². The van der Waals surface area contributed by atoms with Gasteiger partial charge in [-0.25, -0.2) is 0 Å². The maximum absolute atomic E-state index is 4.52. The molecule has 228 valence electrons. The van der Waals surface area contributed by atoms with Crippen molar-refractivity contribution in [2.75, 3.05) is 0 Å². The zero-order chi connectivity index (χ0) is 31.1. The average molecular weight is 780 g/mol. The molecule has 0 saturated heterocycles. The van der Waals surface area contributed by atoms with Crippen LogP contribution in [0.1, 0.15) is 27.8 Å². The number of fused-ring (bicyclic) bond motifs is 4. The Morgan fingerprint density at radius 1 is 0.457 bits per heavy atom. The van der Waals surface area contributed by atoms with Crippen molar-refractivity contribution in [1.29, 1.82) is 0 Å². The maximum atomic E-state index is 4.52. The topological polar surface area (TPSA) is 20.1 Å². The van der Waals surface area contributed by atoms with Crippen LogP contribution < -0.4 is 14.1 Å². The van der Waals surface area contributed by atoms with Gasteiger partial charge in [0.2, 0.25) is 11.4 Å². The molecule has 0 unspecified atom stereocenters. The number of benzene rings is 6. The fourth-order valence-corrected chi connectivity index (χ4v) is 6.66. The molecule has 4 heteroatoms. The SMILES string of the molecule is Cc1cc(C)c([N+]2=C=[N+](c3c(C)cccc3C)c3cc(-c4ccccc4)ccc32)c(C)c1.[Au+].c1ccc2c(c1)[n-]c1ccccc12. The number of aryl methyl sites for hydroxylation is 5. The van der Waals surface area contributed by atoms with Crippen LogP contribution in [0.3, 0.4) is 0 Å². The predicted octanol–water partition coefficient (Wildman–Crippen LogP) is 10.7. The van der Waals surface area contributed by atoms with Gasteiger partial charge in [-0.2, -0.15) is 0 Å². The van der Waals surface area contributed by atoms with Crippen LogP contribution in [-0.2, 0) is 22.4 Å². The molecular formula is C42H36AuN3+2. The second-order valence-corrected chi connectivity index (χ2v) is 12.0. The van der Waals surface area contributed by atoms with E-state index in [2.05, 4.69) is 170 Å². The zero-order valence-corrected chi connectivity index (χ0v) is 28.9. The van der Waals surface area contributed by atoms with Crippen molar-refractivity contribution >= 4 is 50.6 Å². The number of hydrogen-bond donors (Lipinski definition) is 0. The van der Waals surface area contributed by atoms with Gasteiger partial charge in [-0.1, -0.05) is 103 Å². The van der Waals surface area contributed by atoms with Crippen LogP contribution in [0, 0.1) is 34.6 Å². The third-order valence-electron chi connectivity index (χ3n) is 8.63. The van der Waals surface area contributed by atoms with Crippen molar-refractivity contribution in [1.82, 2.24) is 14.1 Å². The van der Waals surface area contributed by atoms with Crippen LogP contribution in [0.2, 0.25) is 0 Å². The van der Waals surface area contributed by atoms with Crippen LogP contribution in [-0.4, -0.2) is 6.01 Å². The van der Waals surface area contributed by atoms with E-state index in [9.17, 15) is 0 Å². The van der Waals surface area contributed by atoms with Crippen molar-refractivity contribution < 1.29 is 22.4 Å². The largest absolute Gasteiger partial charge is 1.00 e. The molecule has 46 heavy (non-hydrogen) atoms. The van der Waals surface area contributed by atoms with E-state index in [0.717, 1.165) is 22.4 Å². The minimum absolute atomic E-state index is 0. The zero-order valence-electron chi connectivity index (χ0n) is 26.8. The molecule has 1 aliphatic rings. The monoisotopic (exact) mass is 779 g/mol. The Balaban J connectivity index is 0.000000220. The third-order valence-corrected chi connectivity index (χ3v) is 8.63. The minimum atomic E-state index is 0. The molecule has 0 bridgehead atoms. The van der Waals surface area contributed by atoms with Gasteiger partial charge >= 0.3 is 28.4 Å². The molecule has 0 saturated carbocycles. The summed E-state index contributed by atoms with van der Waals surface area (Å²) in [7, 11) is 0. The van der Waals surface area contributed by atoms with Crippen LogP contribution in [0.5, 0.6) is 0 Å². The molecule has 1 aliphatic heterocycles. The standard InChI is InChI=1S/C30H28N2.C12H8N.Au/c1-20-16-23(4)30(24(5)17-20)31-19-32(29-21(2)10-9-11-22(29)3)28-18-26(14-15-27(28)31)25-12-7-6-8-13-25;1-3-7-11-9(5-1)10-6-2-4-8-12(10)13-11;/h6-18H,1-5H3;1-8H;/q+2;-1;+1. The molecular weight excluding hydrogens is 743 g/mol. The van der Waals surface area contributed by atoms with E-state index in [0.29, 0.717) is 0 Å². The van der Waals surface area contributed by atoms with Crippen LogP contribution in [0.25, 0.3) is 32.9 Å². The summed E-state index contributed by atoms with van der Waals surface area (Å²) in [5.41, 5.74) is 15.6. The van der Waals surface area contributed by atoms with Crippen LogP contribution in [0.4, 0.5) is 22.7 Å². The van der Waals surface area contributed by atoms with Gasteiger partial charge in [0.25, 0.3) is 11.4 Å². The van der Waals surface area contributed by atoms with E-state index >= 15 is 0 Å². The number of rotatable bonds is 3. The molecule has 0 radical (unpaired) electrons. The third kappa shape index (κ3) is 5.71. The first-order valence-electron chi connectivity index (χ1n) is 15.5. The van der Waals surface area contributed by atoms with Crippen molar-refractivity contribution in [3.63, 3.8) is 0 Å². The molecule has 0 fully saturated rings. The van der Waals surface area contributed by atoms with E-state index < -0.39 is 0 Å². The van der Waals surface area contributed by atoms with Crippen LogP contribution >= 0.6 is 0 Å². The Labute approximate surface area is 286 Å². The molecule has 0 aliphatic carbocycles. The van der Waals surface area contributed by atoms with Gasteiger partial charge in [0.1, 0.15) is 0 Å². The normalized spacial score (nSPS) is 11.8. The summed E-state index contributed by atoms with van der Waals surface area (Å²) in [6.45, 7) is 10.9. The molecule has 0 amide bonds. The minimum Gasteiger partial charge on any atom is -0.657 e. The average Bonchev–Trinajstić information content (AvgIpc) is 3.60. The summed E-state index contributed by atoms with van der Waals surface area (Å²) in [6.07, 6.45) is 0. The summed E-state index contributed by atoms with van der Waals surface area (Å²) in [5.74, 6) is 0. The molecule has 3 nitrogen and oxygen atoms in total. The summed E-state index contributed by atoms with van der Waals surface area (Å²) < 4.78 is 4.48. The van der Waals surface area contributed by atoms with Gasteiger partial charge < -0.3 is 4.98 Å². The van der Waals surface area contributed by atoms with E-state index in [1.165, 1.54) is 61.1 Å². The molecule has 0 spiro atoms. The van der Waals surface area contributed by atoms with Gasteiger partial charge in [0, 0.05) is 34.4 Å². The quantitative estimate of drug-likeness (QED) is 0.129. The molecule has 7 aromatic rings. The smallest absolute Gasteiger partial charge is 0.657 e. The van der Waals surface area contributed by atoms with E-state index in [-0.39, 0.29) is 22.4 Å². The molecule has 1 aromatic heterocycles. The number of para-hydroxylation sites is 3. The Bertz CT molecular complexity index is 2210. The van der Waals surface area contributed by atoms with E-state index in [4.69, 9.17) is 0 Å². The molecule has 2 heterocycles. The molecule has 0 atom stereocenters. The van der Waals surface area contributed by atoms with Crippen molar-refractivity contribution in [2.24, 2.45) is 0 Å². The maximum Gasteiger partial charge on any atom is 1.00 e. The predicted molar refractivity (Wildman–Crippen MR) is 191 cm³/mol. The van der Waals surface area contributed by atoms with Gasteiger partial charge in [0.15, 0.2) is 0 Å². The summed E-state index contributed by atoms with van der Waals surface area (Å²) >= 11 is 0. The fourth-order valence-electron chi connectivity index (χ4n) is 6.66. The van der Waals surface area contributed by atoms with Crippen molar-refractivity contribution in [3.8, 4) is 11.1 Å². The second-order valence-electron chi connectivity index (χ2n) is 12.0.